The van der Waals surface area contributed by atoms with E-state index in [0.717, 1.165) is 27.2 Å². The molecule has 4 rings (SSSR count). The molecule has 0 saturated carbocycles. The van der Waals surface area contributed by atoms with Crippen molar-refractivity contribution in [2.24, 2.45) is 0 Å². The van der Waals surface area contributed by atoms with Crippen LogP contribution in [0.4, 0.5) is 5.69 Å². The number of nitrogens with zero attached hydrogens (tertiary/aromatic N) is 2. The predicted molar refractivity (Wildman–Crippen MR) is 160 cm³/mol. The second kappa shape index (κ2) is 13.9. The molecule has 0 fully saturated rings. The molecule has 0 aliphatic carbocycles. The Balaban J connectivity index is 1.70. The number of halogens is 1. The minimum Gasteiger partial charge on any atom is -0.486 e. The molecule has 1 unspecified atom stereocenters. The van der Waals surface area contributed by atoms with Crippen molar-refractivity contribution < 1.29 is 27.5 Å². The van der Waals surface area contributed by atoms with Gasteiger partial charge in [0.05, 0.1) is 10.6 Å². The lowest BCUT2D eigenvalue weighted by atomic mass is 10.1. The van der Waals surface area contributed by atoms with Crippen molar-refractivity contribution in [3.05, 3.63) is 82.8 Å². The highest BCUT2D eigenvalue weighted by molar-refractivity contribution is 9.10. The third-order valence-corrected chi connectivity index (χ3v) is 9.00. The molecular formula is C30H34BrN3O6S. The van der Waals surface area contributed by atoms with E-state index in [1.54, 1.807) is 43.3 Å². The van der Waals surface area contributed by atoms with Gasteiger partial charge in [0.2, 0.25) is 11.8 Å². The smallest absolute Gasteiger partial charge is 0.264 e. The number of anilines is 1. The van der Waals surface area contributed by atoms with Crippen LogP contribution in [0.25, 0.3) is 0 Å². The number of amides is 2. The molecule has 0 radical (unpaired) electrons. The van der Waals surface area contributed by atoms with E-state index in [-0.39, 0.29) is 23.0 Å². The van der Waals surface area contributed by atoms with Gasteiger partial charge in [-0.1, -0.05) is 59.6 Å². The fraction of sp³-hybridized carbons (Fsp3) is 0.333. The van der Waals surface area contributed by atoms with Gasteiger partial charge in [-0.3, -0.25) is 13.9 Å². The van der Waals surface area contributed by atoms with Gasteiger partial charge in [-0.2, -0.15) is 0 Å². The van der Waals surface area contributed by atoms with Crippen LogP contribution < -0.4 is 19.1 Å². The van der Waals surface area contributed by atoms with Gasteiger partial charge in [-0.15, -0.1) is 0 Å². The Morgan fingerprint density at radius 2 is 1.66 bits per heavy atom. The Bertz CT molecular complexity index is 1450. The zero-order valence-electron chi connectivity index (χ0n) is 23.1. The highest BCUT2D eigenvalue weighted by Crippen LogP contribution is 2.36. The standard InChI is InChI=1S/C30H34BrN3O6S/c1-3-4-16-32-30(36)22(2)33(20-23-10-12-24(31)13-11-23)29(35)21-34(41(37,38)26-8-6-5-7-9-26)25-14-15-27-28(19-25)40-18-17-39-27/h5-15,19,22H,3-4,16-18,20-21H2,1-2H3,(H,32,36). The zero-order chi connectivity index (χ0) is 29.4. The average molecular weight is 645 g/mol. The van der Waals surface area contributed by atoms with E-state index in [1.807, 2.05) is 31.2 Å². The van der Waals surface area contributed by atoms with E-state index in [1.165, 1.54) is 17.0 Å². The van der Waals surface area contributed by atoms with E-state index >= 15 is 0 Å². The Morgan fingerprint density at radius 1 is 0.976 bits per heavy atom. The monoisotopic (exact) mass is 643 g/mol. The molecule has 218 valence electrons. The molecule has 1 N–H and O–H groups in total. The molecule has 11 heteroatoms. The van der Waals surface area contributed by atoms with E-state index in [9.17, 15) is 18.0 Å². The van der Waals surface area contributed by atoms with Crippen LogP contribution in [0.2, 0.25) is 0 Å². The van der Waals surface area contributed by atoms with Gasteiger partial charge in [-0.25, -0.2) is 8.42 Å². The number of sulfonamides is 1. The van der Waals surface area contributed by atoms with Gasteiger partial charge in [0.1, 0.15) is 25.8 Å². The van der Waals surface area contributed by atoms with Crippen molar-refractivity contribution >= 4 is 43.5 Å². The Morgan fingerprint density at radius 3 is 2.34 bits per heavy atom. The van der Waals surface area contributed by atoms with Crippen molar-refractivity contribution in [3.8, 4) is 11.5 Å². The molecule has 3 aromatic rings. The SMILES string of the molecule is CCCCNC(=O)C(C)N(Cc1ccc(Br)cc1)C(=O)CN(c1ccc2c(c1)OCCO2)S(=O)(=O)c1ccccc1. The quantitative estimate of drug-likeness (QED) is 0.286. The molecule has 9 nitrogen and oxygen atoms in total. The molecule has 1 heterocycles. The van der Waals surface area contributed by atoms with Crippen molar-refractivity contribution in [1.29, 1.82) is 0 Å². The first-order valence-corrected chi connectivity index (χ1v) is 15.7. The van der Waals surface area contributed by atoms with Gasteiger partial charge < -0.3 is 19.7 Å². The number of ether oxygens (including phenoxy) is 2. The van der Waals surface area contributed by atoms with Crippen molar-refractivity contribution in [2.75, 3.05) is 30.6 Å². The molecule has 1 aliphatic heterocycles. The summed E-state index contributed by atoms with van der Waals surface area (Å²) < 4.78 is 41.1. The number of fused-ring (bicyclic) bond motifs is 1. The maximum Gasteiger partial charge on any atom is 0.264 e. The second-order valence-corrected chi connectivity index (χ2v) is 12.4. The highest BCUT2D eigenvalue weighted by atomic mass is 79.9. The summed E-state index contributed by atoms with van der Waals surface area (Å²) in [7, 11) is -4.17. The number of rotatable bonds is 12. The van der Waals surface area contributed by atoms with Crippen LogP contribution in [0.3, 0.4) is 0 Å². The minimum atomic E-state index is -4.17. The molecule has 3 aromatic carbocycles. The fourth-order valence-electron chi connectivity index (χ4n) is 4.34. The van der Waals surface area contributed by atoms with Gasteiger partial charge >= 0.3 is 0 Å². The van der Waals surface area contributed by atoms with Gasteiger partial charge in [0, 0.05) is 23.6 Å². The largest absolute Gasteiger partial charge is 0.486 e. The average Bonchev–Trinajstić information content (AvgIpc) is 2.99. The van der Waals surface area contributed by atoms with Crippen molar-refractivity contribution in [2.45, 2.75) is 44.2 Å². The third-order valence-electron chi connectivity index (χ3n) is 6.69. The lowest BCUT2D eigenvalue weighted by Gasteiger charge is -2.32. The number of carbonyl (C=O) groups excluding carboxylic acids is 2. The zero-order valence-corrected chi connectivity index (χ0v) is 25.5. The first-order valence-electron chi connectivity index (χ1n) is 13.5. The lowest BCUT2D eigenvalue weighted by molar-refractivity contribution is -0.139. The van der Waals surface area contributed by atoms with Gasteiger partial charge in [0.15, 0.2) is 11.5 Å². The first-order chi connectivity index (χ1) is 19.7. The number of nitrogens with one attached hydrogen (secondary N) is 1. The summed E-state index contributed by atoms with van der Waals surface area (Å²) in [5.74, 6) is 0.0589. The van der Waals surface area contributed by atoms with E-state index in [2.05, 4.69) is 21.2 Å². The van der Waals surface area contributed by atoms with Crippen LogP contribution in [-0.2, 0) is 26.2 Å². The molecule has 0 saturated heterocycles. The Kier molecular flexibility index (Phi) is 10.3. The minimum absolute atomic E-state index is 0.0347. The van der Waals surface area contributed by atoms with Crippen LogP contribution in [0.15, 0.2) is 82.2 Å². The molecule has 0 spiro atoms. The fourth-order valence-corrected chi connectivity index (χ4v) is 6.03. The summed E-state index contributed by atoms with van der Waals surface area (Å²) in [4.78, 5) is 28.5. The third kappa shape index (κ3) is 7.59. The van der Waals surface area contributed by atoms with Crippen LogP contribution in [0.1, 0.15) is 32.3 Å². The summed E-state index contributed by atoms with van der Waals surface area (Å²) >= 11 is 3.42. The lowest BCUT2D eigenvalue weighted by Crippen LogP contribution is -2.51. The number of carbonyl (C=O) groups is 2. The van der Waals surface area contributed by atoms with Crippen LogP contribution >= 0.6 is 15.9 Å². The molecule has 1 aliphatic rings. The Labute approximate surface area is 249 Å². The summed E-state index contributed by atoms with van der Waals surface area (Å²) in [6.07, 6.45) is 1.73. The normalized spacial score (nSPS) is 13.2. The first kappa shape index (κ1) is 30.4. The molecule has 0 aromatic heterocycles. The predicted octanol–water partition coefficient (Wildman–Crippen LogP) is 4.75. The number of unbranched alkanes of at least 4 members (excludes halogenated alkanes) is 1. The van der Waals surface area contributed by atoms with Crippen molar-refractivity contribution in [1.82, 2.24) is 10.2 Å². The molecule has 1 atom stereocenters. The highest BCUT2D eigenvalue weighted by Gasteiger charge is 2.33. The molecule has 0 bridgehead atoms. The maximum absolute atomic E-state index is 14.0. The number of hydrogen-bond donors (Lipinski definition) is 1. The van der Waals surface area contributed by atoms with Gasteiger partial charge in [-0.05, 0) is 55.3 Å². The van der Waals surface area contributed by atoms with Crippen LogP contribution in [0, 0.1) is 0 Å². The number of hydrogen-bond acceptors (Lipinski definition) is 6. The van der Waals surface area contributed by atoms with E-state index < -0.39 is 28.5 Å². The Hall–Kier alpha value is -3.57. The van der Waals surface area contributed by atoms with E-state index in [4.69, 9.17) is 9.47 Å². The molecule has 2 amide bonds. The number of benzene rings is 3. The van der Waals surface area contributed by atoms with E-state index in [0.29, 0.717) is 31.3 Å². The van der Waals surface area contributed by atoms with Crippen LogP contribution in [-0.4, -0.2) is 57.5 Å². The summed E-state index contributed by atoms with van der Waals surface area (Å²) in [6.45, 7) is 4.48. The summed E-state index contributed by atoms with van der Waals surface area (Å²) in [5, 5.41) is 2.89. The second-order valence-electron chi connectivity index (χ2n) is 9.62. The topological polar surface area (TPSA) is 105 Å². The maximum atomic E-state index is 14.0. The van der Waals surface area contributed by atoms with Crippen molar-refractivity contribution in [3.63, 3.8) is 0 Å². The summed E-state index contributed by atoms with van der Waals surface area (Å²) in [6, 6.07) is 19.3. The molecule has 41 heavy (non-hydrogen) atoms. The van der Waals surface area contributed by atoms with Crippen LogP contribution in [0.5, 0.6) is 11.5 Å². The molecular weight excluding hydrogens is 610 g/mol. The summed E-state index contributed by atoms with van der Waals surface area (Å²) in [5.41, 5.74) is 1.04. The van der Waals surface area contributed by atoms with Gasteiger partial charge in [0.25, 0.3) is 10.0 Å².